The quantitative estimate of drug-likeness (QED) is 0.203. The van der Waals surface area contributed by atoms with E-state index in [1.807, 2.05) is 6.42 Å². The fourth-order valence-corrected chi connectivity index (χ4v) is 188. The summed E-state index contributed by atoms with van der Waals surface area (Å²) in [5.74, 6) is 1.51. The maximum atomic E-state index is 2.39. The first-order valence-corrected chi connectivity index (χ1v) is 28.3. The molecule has 0 saturated carbocycles. The van der Waals surface area contributed by atoms with Crippen LogP contribution in [0.5, 0.6) is 0 Å². The summed E-state index contributed by atoms with van der Waals surface area (Å²) >= 11 is 0. The second-order valence-electron chi connectivity index (χ2n) is 22.9. The van der Waals surface area contributed by atoms with Crippen LogP contribution in [0.3, 0.4) is 0 Å². The summed E-state index contributed by atoms with van der Waals surface area (Å²) in [4.78, 5) is 29.0. The monoisotopic (exact) mass is 510 g/mol. The summed E-state index contributed by atoms with van der Waals surface area (Å²) in [6.07, 6.45) is 12.9. The van der Waals surface area contributed by atoms with Crippen molar-refractivity contribution in [1.82, 2.24) is 0 Å². The first-order valence-electron chi connectivity index (χ1n) is 15.7. The third-order valence-corrected chi connectivity index (χ3v) is 118. The van der Waals surface area contributed by atoms with Gasteiger partial charge in [-0.15, -0.1) is 0 Å². The molecule has 2 heteroatoms. The Bertz CT molecular complexity index is 1850. The Balaban J connectivity index is 0.877. The molecule has 20 saturated heterocycles. The zero-order valence-electron chi connectivity index (χ0n) is 19.3. The summed E-state index contributed by atoms with van der Waals surface area (Å²) in [7, 11) is 0. The molecule has 0 N–H and O–H groups in total. The van der Waals surface area contributed by atoms with Crippen LogP contribution in [0, 0.1) is 5.92 Å². The molecular formula is C30H38Fe2. The van der Waals surface area contributed by atoms with Crippen LogP contribution in [-0.4, -0.2) is 0 Å². The Morgan fingerprint density at radius 1 is 0.469 bits per heavy atom. The standard InChI is InChI=1S/C20H28.2C5H5.2Fe/c1-2-3-4-5-6-7-8-17-20(18-13-9-10-14-18)19-15-11-12-16-19;2*1-2-4-5-3-1;;/h9-16,20H,2-8,17H2,1H3;2*1-5H;;. The molecule has 0 bridgehead atoms. The molecule has 174 valence electrons. The summed E-state index contributed by atoms with van der Waals surface area (Å²) < 4.78 is 2.61. The Morgan fingerprint density at radius 3 is 1.09 bits per heavy atom. The van der Waals surface area contributed by atoms with E-state index in [4.69, 9.17) is 0 Å². The van der Waals surface area contributed by atoms with Gasteiger partial charge in [-0.05, 0) is 0 Å². The molecule has 20 rings (SSSR count). The van der Waals surface area contributed by atoms with E-state index >= 15 is 0 Å². The molecule has 0 aromatic heterocycles. The predicted molar refractivity (Wildman–Crippen MR) is 119 cm³/mol. The van der Waals surface area contributed by atoms with Crippen molar-refractivity contribution < 1.29 is 13.0 Å². The van der Waals surface area contributed by atoms with E-state index < -0.39 is 13.0 Å². The van der Waals surface area contributed by atoms with E-state index in [0.717, 1.165) is 0 Å². The molecule has 8 unspecified atom stereocenters. The van der Waals surface area contributed by atoms with Crippen molar-refractivity contribution in [2.45, 2.75) is 154 Å². The van der Waals surface area contributed by atoms with Crippen LogP contribution in [0.4, 0.5) is 0 Å². The van der Waals surface area contributed by atoms with Crippen molar-refractivity contribution >= 4 is 0 Å². The van der Waals surface area contributed by atoms with Gasteiger partial charge in [-0.1, -0.05) is 0 Å². The van der Waals surface area contributed by atoms with E-state index in [1.165, 1.54) is 27.4 Å². The van der Waals surface area contributed by atoms with Gasteiger partial charge < -0.3 is 0 Å². The predicted octanol–water partition coefficient (Wildman–Crippen LogP) is 10.3. The van der Waals surface area contributed by atoms with Gasteiger partial charge in [0, 0.05) is 0 Å². The van der Waals surface area contributed by atoms with E-state index in [0.29, 0.717) is 0 Å². The van der Waals surface area contributed by atoms with Gasteiger partial charge in [0.1, 0.15) is 0 Å². The zero-order chi connectivity index (χ0) is 19.3. The van der Waals surface area contributed by atoms with Gasteiger partial charge in [0.2, 0.25) is 0 Å². The van der Waals surface area contributed by atoms with Crippen LogP contribution in [0.2, 0.25) is 95.3 Å². The molecule has 0 aromatic rings. The number of hydrogen-bond donors (Lipinski definition) is 0. The molecule has 0 aliphatic carbocycles. The molecule has 20 aliphatic heterocycles. The Labute approximate surface area is 171 Å². The van der Waals surface area contributed by atoms with Gasteiger partial charge >= 0.3 is 173 Å². The molecule has 2 spiro atoms. The van der Waals surface area contributed by atoms with Gasteiger partial charge in [0.25, 0.3) is 0 Å². The Morgan fingerprint density at radius 2 is 0.812 bits per heavy atom. The molecule has 8 atom stereocenters. The molecule has 0 aromatic carbocycles. The third-order valence-electron chi connectivity index (χ3n) is 32.7. The second-order valence-corrected chi connectivity index (χ2v) is 70.1. The van der Waals surface area contributed by atoms with Crippen LogP contribution < -0.4 is 0 Å². The minimum atomic E-state index is -2.97. The SMILES string of the molecule is CCCCCCCCCC([C]12[CH]3[CH]4[CH]5[CH]1[Fe]45321678[CH]2[CH]1[CH]6[CH]7[CH]28)[C]12[CH]3[CH]4[CH]5[CH]1[Fe]45321678[CH]2[CH]1[CH]6[CH]7[CH]28. The van der Waals surface area contributed by atoms with Crippen LogP contribution in [-0.2, 0) is 13.0 Å². The van der Waals surface area contributed by atoms with Crippen molar-refractivity contribution in [3.63, 3.8) is 0 Å². The number of unbranched alkanes of at least 4 members (excludes halogenated alkanes) is 6. The van der Waals surface area contributed by atoms with Crippen molar-refractivity contribution in [2.24, 2.45) is 5.92 Å². The molecule has 20 aliphatic rings. The fraction of sp³-hybridized carbons (Fsp3) is 1.00. The summed E-state index contributed by atoms with van der Waals surface area (Å²) in [6.45, 7) is -3.55. The molecule has 20 heterocycles. The average Bonchev–Trinajstić information content (AvgIpc) is 3.69. The number of fused-ring (bicyclic) bond motifs is 20. The molecular weight excluding hydrogens is 472 g/mol. The van der Waals surface area contributed by atoms with Crippen molar-refractivity contribution in [3.05, 3.63) is 0 Å². The van der Waals surface area contributed by atoms with Crippen LogP contribution >= 0.6 is 0 Å². The van der Waals surface area contributed by atoms with Crippen molar-refractivity contribution in [3.8, 4) is 0 Å². The van der Waals surface area contributed by atoms with Crippen LogP contribution in [0.1, 0.15) is 58.3 Å². The Hall–Kier alpha value is 1.04. The fourth-order valence-electron chi connectivity index (χ4n) is 36.7. The molecule has 20 fully saturated rings. The minimum absolute atomic E-state index is 1.30. The molecule has 0 amide bonds. The third kappa shape index (κ3) is 0.140. The Kier molecular flexibility index (Phi) is 0.428. The maximum absolute atomic E-state index is 2.97. The van der Waals surface area contributed by atoms with E-state index in [-0.39, 0.29) is 0 Å². The number of rotatable bonds is 10. The van der Waals surface area contributed by atoms with Gasteiger partial charge in [0.05, 0.1) is 0 Å². The normalized spacial score (nSPS) is 128. The van der Waals surface area contributed by atoms with Gasteiger partial charge in [0.15, 0.2) is 0 Å². The number of hydrogen-bond acceptors (Lipinski definition) is 0. The topological polar surface area (TPSA) is 0 Å². The van der Waals surface area contributed by atoms with Gasteiger partial charge in [-0.2, -0.15) is 0 Å². The molecule has 32 heavy (non-hydrogen) atoms. The van der Waals surface area contributed by atoms with Crippen molar-refractivity contribution in [2.75, 3.05) is 0 Å². The summed E-state index contributed by atoms with van der Waals surface area (Å²) in [5, 5.41) is 0. The van der Waals surface area contributed by atoms with E-state index in [2.05, 4.69) is 6.92 Å². The molecule has 0 radical (unpaired) electrons. The van der Waals surface area contributed by atoms with E-state index in [1.54, 1.807) is 119 Å². The zero-order valence-corrected chi connectivity index (χ0v) is 21.5. The first-order chi connectivity index (χ1) is 15.3. The van der Waals surface area contributed by atoms with Crippen molar-refractivity contribution in [1.29, 1.82) is 0 Å². The summed E-state index contributed by atoms with van der Waals surface area (Å²) in [5.41, 5.74) is 0. The van der Waals surface area contributed by atoms with Crippen LogP contribution in [0.15, 0.2) is 0 Å². The van der Waals surface area contributed by atoms with Gasteiger partial charge in [-0.3, -0.25) is 0 Å². The summed E-state index contributed by atoms with van der Waals surface area (Å²) in [6, 6.07) is 0. The second kappa shape index (κ2) is 1.09. The first kappa shape index (κ1) is 12.5. The van der Waals surface area contributed by atoms with E-state index in [9.17, 15) is 0 Å². The average molecular weight is 510 g/mol. The van der Waals surface area contributed by atoms with Gasteiger partial charge in [-0.25, -0.2) is 0 Å². The van der Waals surface area contributed by atoms with Crippen LogP contribution in [0.25, 0.3) is 0 Å². The molecule has 0 nitrogen and oxygen atoms in total.